The van der Waals surface area contributed by atoms with Gasteiger partial charge in [0.15, 0.2) is 5.75 Å². The number of ether oxygens (including phenoxy) is 3. The largest absolute Gasteiger partial charge is 0.491 e. The molecule has 21 heavy (non-hydrogen) atoms. The van der Waals surface area contributed by atoms with Gasteiger partial charge in [-0.2, -0.15) is 0 Å². The van der Waals surface area contributed by atoms with Crippen molar-refractivity contribution in [3.8, 4) is 22.1 Å². The number of hydrogen-bond acceptors (Lipinski definition) is 6. The van der Waals surface area contributed by atoms with E-state index in [0.717, 1.165) is 10.6 Å². The fourth-order valence-electron chi connectivity index (χ4n) is 1.84. The van der Waals surface area contributed by atoms with Crippen LogP contribution < -0.4 is 9.47 Å². The van der Waals surface area contributed by atoms with Gasteiger partial charge in [-0.3, -0.25) is 4.99 Å². The lowest BCUT2D eigenvalue weighted by atomic mass is 10.1. The second-order valence-corrected chi connectivity index (χ2v) is 4.98. The van der Waals surface area contributed by atoms with E-state index in [4.69, 9.17) is 14.2 Å². The SMILES string of the molecule is C=Nc1cc(OCCOC)cc(-c2nccs2)c1OCC. The first kappa shape index (κ1) is 15.5. The Labute approximate surface area is 128 Å². The Morgan fingerprint density at radius 3 is 2.76 bits per heavy atom. The molecule has 0 fully saturated rings. The molecule has 0 unspecified atom stereocenters. The fourth-order valence-corrected chi connectivity index (χ4v) is 2.49. The van der Waals surface area contributed by atoms with Crippen molar-refractivity contribution in [1.82, 2.24) is 4.98 Å². The molecule has 5 nitrogen and oxygen atoms in total. The third-order valence-electron chi connectivity index (χ3n) is 2.72. The molecule has 0 aliphatic heterocycles. The number of thiazole rings is 1. The molecule has 0 amide bonds. The molecule has 0 atom stereocenters. The number of benzene rings is 1. The molecule has 0 spiro atoms. The lowest BCUT2D eigenvalue weighted by molar-refractivity contribution is 0.146. The first-order chi connectivity index (χ1) is 10.3. The van der Waals surface area contributed by atoms with E-state index in [1.165, 1.54) is 11.3 Å². The van der Waals surface area contributed by atoms with Gasteiger partial charge in [-0.05, 0) is 19.7 Å². The average molecular weight is 306 g/mol. The summed E-state index contributed by atoms with van der Waals surface area (Å²) >= 11 is 1.54. The Hall–Kier alpha value is -1.92. The lowest BCUT2D eigenvalue weighted by Crippen LogP contribution is -2.04. The van der Waals surface area contributed by atoms with Crippen LogP contribution in [-0.2, 0) is 4.74 Å². The molecule has 0 aliphatic carbocycles. The predicted octanol–water partition coefficient (Wildman–Crippen LogP) is 3.57. The van der Waals surface area contributed by atoms with E-state index in [-0.39, 0.29) is 0 Å². The molecule has 6 heteroatoms. The normalized spacial score (nSPS) is 10.4. The van der Waals surface area contributed by atoms with Crippen molar-refractivity contribution in [2.24, 2.45) is 4.99 Å². The van der Waals surface area contributed by atoms with Crippen LogP contribution in [0.25, 0.3) is 10.6 Å². The van der Waals surface area contributed by atoms with Gasteiger partial charge < -0.3 is 14.2 Å². The maximum atomic E-state index is 5.72. The lowest BCUT2D eigenvalue weighted by Gasteiger charge is -2.14. The number of aromatic nitrogens is 1. The summed E-state index contributed by atoms with van der Waals surface area (Å²) in [6, 6.07) is 3.72. The quantitative estimate of drug-likeness (QED) is 0.552. The summed E-state index contributed by atoms with van der Waals surface area (Å²) in [5.41, 5.74) is 1.51. The van der Waals surface area contributed by atoms with Crippen LogP contribution in [-0.4, -0.2) is 38.6 Å². The molecule has 2 rings (SSSR count). The van der Waals surface area contributed by atoms with E-state index >= 15 is 0 Å². The standard InChI is InChI=1S/C15H18N2O3S/c1-4-19-14-12(15-17-5-8-21-15)9-11(10-13(14)16-2)20-7-6-18-3/h5,8-10H,2,4,6-7H2,1,3H3. The monoisotopic (exact) mass is 306 g/mol. The molecule has 112 valence electrons. The van der Waals surface area contributed by atoms with Crippen LogP contribution in [0, 0.1) is 0 Å². The van der Waals surface area contributed by atoms with E-state index in [2.05, 4.69) is 16.7 Å². The van der Waals surface area contributed by atoms with Crippen molar-refractivity contribution in [3.05, 3.63) is 23.7 Å². The van der Waals surface area contributed by atoms with Crippen molar-refractivity contribution in [1.29, 1.82) is 0 Å². The number of methoxy groups -OCH3 is 1. The number of rotatable bonds is 8. The topological polar surface area (TPSA) is 52.9 Å². The second-order valence-electron chi connectivity index (χ2n) is 4.09. The van der Waals surface area contributed by atoms with Crippen LogP contribution in [0.4, 0.5) is 5.69 Å². The third kappa shape index (κ3) is 3.80. The van der Waals surface area contributed by atoms with Gasteiger partial charge in [0, 0.05) is 24.8 Å². The Morgan fingerprint density at radius 1 is 1.29 bits per heavy atom. The second kappa shape index (κ2) is 7.75. The highest BCUT2D eigenvalue weighted by atomic mass is 32.1. The molecular weight excluding hydrogens is 288 g/mol. The van der Waals surface area contributed by atoms with Crippen molar-refractivity contribution in [3.63, 3.8) is 0 Å². The van der Waals surface area contributed by atoms with Gasteiger partial charge in [-0.25, -0.2) is 4.98 Å². The Balaban J connectivity index is 2.42. The van der Waals surface area contributed by atoms with Crippen LogP contribution in [0.15, 0.2) is 28.7 Å². The zero-order valence-electron chi connectivity index (χ0n) is 12.2. The minimum Gasteiger partial charge on any atom is -0.491 e. The van der Waals surface area contributed by atoms with Gasteiger partial charge in [0.05, 0.1) is 18.8 Å². The smallest absolute Gasteiger partial charge is 0.155 e. The zero-order valence-corrected chi connectivity index (χ0v) is 13.0. The molecule has 0 aliphatic rings. The summed E-state index contributed by atoms with van der Waals surface area (Å²) in [5.74, 6) is 1.38. The number of aliphatic imine (C=N–C) groups is 1. The van der Waals surface area contributed by atoms with Crippen LogP contribution in [0.5, 0.6) is 11.5 Å². The van der Waals surface area contributed by atoms with E-state index < -0.39 is 0 Å². The van der Waals surface area contributed by atoms with Gasteiger partial charge in [-0.1, -0.05) is 0 Å². The van der Waals surface area contributed by atoms with Crippen molar-refractivity contribution >= 4 is 23.7 Å². The summed E-state index contributed by atoms with van der Waals surface area (Å²) in [4.78, 5) is 8.38. The molecule has 2 aromatic rings. The van der Waals surface area contributed by atoms with E-state index in [1.807, 2.05) is 24.4 Å². The summed E-state index contributed by atoms with van der Waals surface area (Å²) in [5, 5.41) is 2.78. The van der Waals surface area contributed by atoms with E-state index in [0.29, 0.717) is 37.0 Å². The summed E-state index contributed by atoms with van der Waals surface area (Å²) in [6.45, 7) is 7.08. The Kier molecular flexibility index (Phi) is 5.71. The minimum absolute atomic E-state index is 0.471. The summed E-state index contributed by atoms with van der Waals surface area (Å²) in [7, 11) is 1.64. The number of nitrogens with zero attached hydrogens (tertiary/aromatic N) is 2. The molecule has 1 heterocycles. The fraction of sp³-hybridized carbons (Fsp3) is 0.333. The van der Waals surface area contributed by atoms with E-state index in [9.17, 15) is 0 Å². The highest BCUT2D eigenvalue weighted by Gasteiger charge is 2.16. The van der Waals surface area contributed by atoms with E-state index in [1.54, 1.807) is 13.3 Å². The molecule has 0 bridgehead atoms. The molecule has 0 N–H and O–H groups in total. The minimum atomic E-state index is 0.471. The molecule has 1 aromatic heterocycles. The molecule has 0 radical (unpaired) electrons. The zero-order chi connectivity index (χ0) is 15.1. The van der Waals surface area contributed by atoms with Gasteiger partial charge in [0.1, 0.15) is 23.1 Å². The van der Waals surface area contributed by atoms with Crippen LogP contribution in [0.2, 0.25) is 0 Å². The Morgan fingerprint density at radius 2 is 2.14 bits per heavy atom. The molecule has 0 saturated carbocycles. The molecular formula is C15H18N2O3S. The first-order valence-electron chi connectivity index (χ1n) is 6.59. The van der Waals surface area contributed by atoms with Crippen LogP contribution in [0.1, 0.15) is 6.92 Å². The van der Waals surface area contributed by atoms with Crippen molar-refractivity contribution < 1.29 is 14.2 Å². The van der Waals surface area contributed by atoms with Crippen molar-refractivity contribution in [2.45, 2.75) is 6.92 Å². The molecule has 1 aromatic carbocycles. The summed E-state index contributed by atoms with van der Waals surface area (Å²) in [6.07, 6.45) is 1.76. The van der Waals surface area contributed by atoms with Crippen molar-refractivity contribution in [2.75, 3.05) is 26.9 Å². The predicted molar refractivity (Wildman–Crippen MR) is 85.3 cm³/mol. The van der Waals surface area contributed by atoms with Gasteiger partial charge in [0.2, 0.25) is 0 Å². The highest BCUT2D eigenvalue weighted by Crippen LogP contribution is 2.42. The molecule has 0 saturated heterocycles. The van der Waals surface area contributed by atoms with Crippen LogP contribution in [0.3, 0.4) is 0 Å². The average Bonchev–Trinajstić information content (AvgIpc) is 3.03. The maximum absolute atomic E-state index is 5.72. The third-order valence-corrected chi connectivity index (χ3v) is 3.53. The van der Waals surface area contributed by atoms with Gasteiger partial charge in [0.25, 0.3) is 0 Å². The van der Waals surface area contributed by atoms with Crippen LogP contribution >= 0.6 is 11.3 Å². The Bertz CT molecular complexity index is 585. The number of hydrogen-bond donors (Lipinski definition) is 0. The van der Waals surface area contributed by atoms with Gasteiger partial charge in [-0.15, -0.1) is 11.3 Å². The highest BCUT2D eigenvalue weighted by molar-refractivity contribution is 7.13. The van der Waals surface area contributed by atoms with Gasteiger partial charge >= 0.3 is 0 Å². The maximum Gasteiger partial charge on any atom is 0.155 e. The summed E-state index contributed by atoms with van der Waals surface area (Å²) < 4.78 is 16.4. The first-order valence-corrected chi connectivity index (χ1v) is 7.47.